The second-order valence-corrected chi connectivity index (χ2v) is 8.69. The Morgan fingerprint density at radius 3 is 2.39 bits per heavy atom. The number of carboxylic acids is 1. The molecule has 1 aromatic heterocycles. The van der Waals surface area contributed by atoms with Crippen LogP contribution in [0, 0.1) is 0 Å². The van der Waals surface area contributed by atoms with Crippen LogP contribution < -0.4 is 9.47 Å². The summed E-state index contributed by atoms with van der Waals surface area (Å²) < 4.78 is 16.5. The van der Waals surface area contributed by atoms with Crippen molar-refractivity contribution >= 4 is 28.6 Å². The molecule has 9 nitrogen and oxygen atoms in total. The van der Waals surface area contributed by atoms with Crippen molar-refractivity contribution in [1.29, 1.82) is 0 Å². The molecule has 0 saturated heterocycles. The zero-order valence-corrected chi connectivity index (χ0v) is 20.5. The summed E-state index contributed by atoms with van der Waals surface area (Å²) in [4.78, 5) is 39.7. The molecule has 1 unspecified atom stereocenters. The summed E-state index contributed by atoms with van der Waals surface area (Å²) in [5.74, 6) is -2.25. The third-order valence-electron chi connectivity index (χ3n) is 6.46. The normalized spacial score (nSPS) is 15.3. The van der Waals surface area contributed by atoms with Crippen molar-refractivity contribution in [3.63, 3.8) is 0 Å². The van der Waals surface area contributed by atoms with Crippen molar-refractivity contribution in [2.45, 2.75) is 12.6 Å². The molecule has 1 aliphatic rings. The summed E-state index contributed by atoms with van der Waals surface area (Å²) in [5, 5.41) is 20.8. The number of furan rings is 1. The second kappa shape index (κ2) is 9.78. The molecule has 1 amide bonds. The number of benzene rings is 3. The Morgan fingerprint density at radius 1 is 0.974 bits per heavy atom. The predicted octanol–water partition coefficient (Wildman–Crippen LogP) is 4.93. The molecule has 1 atom stereocenters. The van der Waals surface area contributed by atoms with Crippen LogP contribution in [0.25, 0.3) is 11.0 Å². The van der Waals surface area contributed by atoms with Gasteiger partial charge in [-0.15, -0.1) is 0 Å². The van der Waals surface area contributed by atoms with Gasteiger partial charge < -0.3 is 29.0 Å². The molecule has 0 fully saturated rings. The number of aromatic carboxylic acids is 1. The number of hydrogen-bond donors (Lipinski definition) is 2. The molecule has 1 aliphatic heterocycles. The average molecular weight is 514 g/mol. The van der Waals surface area contributed by atoms with E-state index in [2.05, 4.69) is 0 Å². The van der Waals surface area contributed by atoms with Gasteiger partial charge in [0, 0.05) is 11.9 Å². The number of ether oxygens (including phenoxy) is 2. The first-order valence-electron chi connectivity index (χ1n) is 11.6. The van der Waals surface area contributed by atoms with Crippen molar-refractivity contribution < 1.29 is 38.5 Å². The highest BCUT2D eigenvalue weighted by molar-refractivity contribution is 6.16. The molecule has 0 spiro atoms. The lowest BCUT2D eigenvalue weighted by Gasteiger charge is -2.27. The van der Waals surface area contributed by atoms with Gasteiger partial charge in [-0.25, -0.2) is 4.79 Å². The number of para-hydroxylation sites is 1. The van der Waals surface area contributed by atoms with E-state index in [-0.39, 0.29) is 23.4 Å². The van der Waals surface area contributed by atoms with E-state index in [0.717, 1.165) is 0 Å². The highest BCUT2D eigenvalue weighted by atomic mass is 16.5. The number of nitrogens with zero attached hydrogens (tertiary/aromatic N) is 1. The molecule has 0 radical (unpaired) electrons. The van der Waals surface area contributed by atoms with Crippen molar-refractivity contribution in [3.05, 3.63) is 107 Å². The molecule has 2 N–H and O–H groups in total. The molecule has 2 heterocycles. The van der Waals surface area contributed by atoms with E-state index in [1.807, 2.05) is 0 Å². The standard InChI is InChI=1S/C29H23NO8/c1-36-20-7-3-5-18(13-20)24-23(25(31)22-14-19-6-4-8-21(37-2)27(19)38-22)26(32)28(33)30(24)15-16-9-11-17(12-10-16)29(34)35/h3-14,24,32H,15H2,1-2H3,(H,34,35). The lowest BCUT2D eigenvalue weighted by molar-refractivity contribution is -0.130. The van der Waals surface area contributed by atoms with E-state index in [4.69, 9.17) is 13.9 Å². The summed E-state index contributed by atoms with van der Waals surface area (Å²) >= 11 is 0. The van der Waals surface area contributed by atoms with Crippen LogP contribution >= 0.6 is 0 Å². The highest BCUT2D eigenvalue weighted by Crippen LogP contribution is 2.41. The average Bonchev–Trinajstić information content (AvgIpc) is 3.48. The van der Waals surface area contributed by atoms with Crippen LogP contribution in [-0.4, -0.2) is 47.0 Å². The maximum absolute atomic E-state index is 13.8. The summed E-state index contributed by atoms with van der Waals surface area (Å²) in [6.45, 7) is 0.00933. The molecule has 4 aromatic rings. The lowest BCUT2D eigenvalue weighted by atomic mass is 9.94. The number of carbonyl (C=O) groups is 3. The highest BCUT2D eigenvalue weighted by Gasteiger charge is 2.44. The van der Waals surface area contributed by atoms with Gasteiger partial charge in [0.05, 0.1) is 31.4 Å². The first kappa shape index (κ1) is 24.6. The number of aliphatic hydroxyl groups excluding tert-OH is 1. The number of aliphatic hydroxyl groups is 1. The van der Waals surface area contributed by atoms with Gasteiger partial charge in [-0.2, -0.15) is 0 Å². The minimum Gasteiger partial charge on any atom is -0.503 e. The van der Waals surface area contributed by atoms with E-state index in [0.29, 0.717) is 33.6 Å². The summed E-state index contributed by atoms with van der Waals surface area (Å²) in [6, 6.07) is 18.7. The van der Waals surface area contributed by atoms with Gasteiger partial charge in [0.25, 0.3) is 5.91 Å². The van der Waals surface area contributed by atoms with Gasteiger partial charge in [-0.1, -0.05) is 36.4 Å². The minimum absolute atomic E-state index is 0.00933. The number of Topliss-reactive ketones (excluding diaryl/α,β-unsaturated/α-hetero) is 1. The number of methoxy groups -OCH3 is 2. The number of ketones is 1. The van der Waals surface area contributed by atoms with Crippen LogP contribution in [0.4, 0.5) is 0 Å². The van der Waals surface area contributed by atoms with Gasteiger partial charge in [-0.05, 0) is 47.5 Å². The Hall–Kier alpha value is -5.05. The Bertz CT molecular complexity index is 1600. The summed E-state index contributed by atoms with van der Waals surface area (Å²) in [5.41, 5.74) is 1.50. The van der Waals surface area contributed by atoms with Gasteiger partial charge in [-0.3, -0.25) is 9.59 Å². The second-order valence-electron chi connectivity index (χ2n) is 8.69. The lowest BCUT2D eigenvalue weighted by Crippen LogP contribution is -2.30. The molecule has 3 aromatic carbocycles. The fraction of sp³-hybridized carbons (Fsp3) is 0.138. The van der Waals surface area contributed by atoms with Crippen LogP contribution in [0.1, 0.15) is 38.1 Å². The monoisotopic (exact) mass is 513 g/mol. The Morgan fingerprint density at radius 2 is 1.71 bits per heavy atom. The van der Waals surface area contributed by atoms with Crippen LogP contribution in [0.2, 0.25) is 0 Å². The zero-order valence-electron chi connectivity index (χ0n) is 20.5. The fourth-order valence-electron chi connectivity index (χ4n) is 4.60. The van der Waals surface area contributed by atoms with Crippen LogP contribution in [-0.2, 0) is 11.3 Å². The number of carboxylic acid groups (broad SMARTS) is 1. The topological polar surface area (TPSA) is 127 Å². The Balaban J connectivity index is 1.59. The fourth-order valence-corrected chi connectivity index (χ4v) is 4.60. The van der Waals surface area contributed by atoms with Crippen LogP contribution in [0.5, 0.6) is 11.5 Å². The Labute approximate surface area is 217 Å². The maximum atomic E-state index is 13.8. The van der Waals surface area contributed by atoms with Crippen LogP contribution in [0.3, 0.4) is 0 Å². The third kappa shape index (κ3) is 4.24. The number of rotatable bonds is 8. The van der Waals surface area contributed by atoms with Crippen LogP contribution in [0.15, 0.2) is 88.5 Å². The number of fused-ring (bicyclic) bond motifs is 1. The molecule has 38 heavy (non-hydrogen) atoms. The van der Waals surface area contributed by atoms with Crippen molar-refractivity contribution in [2.75, 3.05) is 14.2 Å². The molecular formula is C29H23NO8. The van der Waals surface area contributed by atoms with E-state index < -0.39 is 29.5 Å². The molecule has 0 saturated carbocycles. The summed E-state index contributed by atoms with van der Waals surface area (Å²) in [6.07, 6.45) is 0. The van der Waals surface area contributed by atoms with E-state index in [9.17, 15) is 24.6 Å². The van der Waals surface area contributed by atoms with Crippen molar-refractivity contribution in [2.24, 2.45) is 0 Å². The molecule has 9 heteroatoms. The molecule has 0 aliphatic carbocycles. The first-order valence-corrected chi connectivity index (χ1v) is 11.6. The number of hydrogen-bond acceptors (Lipinski definition) is 7. The molecular weight excluding hydrogens is 490 g/mol. The van der Waals surface area contributed by atoms with Gasteiger partial charge in [0.1, 0.15) is 5.75 Å². The third-order valence-corrected chi connectivity index (χ3v) is 6.46. The van der Waals surface area contributed by atoms with Gasteiger partial charge >= 0.3 is 5.97 Å². The van der Waals surface area contributed by atoms with E-state index in [1.54, 1.807) is 60.7 Å². The Kier molecular flexibility index (Phi) is 6.34. The zero-order chi connectivity index (χ0) is 27.0. The number of amides is 1. The first-order chi connectivity index (χ1) is 18.3. The maximum Gasteiger partial charge on any atom is 0.335 e. The minimum atomic E-state index is -1.07. The van der Waals surface area contributed by atoms with E-state index >= 15 is 0 Å². The van der Waals surface area contributed by atoms with E-state index in [1.165, 1.54) is 31.3 Å². The molecule has 5 rings (SSSR count). The largest absolute Gasteiger partial charge is 0.503 e. The SMILES string of the molecule is COc1cccc(C2C(C(=O)c3cc4cccc(OC)c4o3)=C(O)C(=O)N2Cc2ccc(C(=O)O)cc2)c1. The quantitative estimate of drug-likeness (QED) is 0.318. The predicted molar refractivity (Wildman–Crippen MR) is 136 cm³/mol. The smallest absolute Gasteiger partial charge is 0.335 e. The summed E-state index contributed by atoms with van der Waals surface area (Å²) in [7, 11) is 2.99. The molecule has 0 bridgehead atoms. The van der Waals surface area contributed by atoms with Crippen molar-refractivity contribution in [1.82, 2.24) is 4.90 Å². The van der Waals surface area contributed by atoms with Crippen molar-refractivity contribution in [3.8, 4) is 11.5 Å². The number of carbonyl (C=O) groups excluding carboxylic acids is 2. The molecule has 192 valence electrons. The van der Waals surface area contributed by atoms with Gasteiger partial charge in [0.15, 0.2) is 22.9 Å². The van der Waals surface area contributed by atoms with Gasteiger partial charge in [0.2, 0.25) is 5.78 Å².